The molecule has 1 aliphatic rings. The molecule has 1 saturated carbocycles. The number of nitrogens with one attached hydrogen (secondary N) is 1. The average molecular weight is 317 g/mol. The molecule has 5 heteroatoms. The predicted molar refractivity (Wildman–Crippen MR) is 86.7 cm³/mol. The molecule has 0 bridgehead atoms. The van der Waals surface area contributed by atoms with Gasteiger partial charge < -0.3 is 14.8 Å². The van der Waals surface area contributed by atoms with Gasteiger partial charge in [0.25, 0.3) is 5.91 Å². The Morgan fingerprint density at radius 2 is 2.09 bits per heavy atom. The van der Waals surface area contributed by atoms with Gasteiger partial charge in [0.2, 0.25) is 0 Å². The third kappa shape index (κ3) is 3.42. The van der Waals surface area contributed by atoms with Crippen LogP contribution in [-0.4, -0.2) is 26.2 Å². The Morgan fingerprint density at radius 3 is 2.77 bits per heavy atom. The molecule has 22 heavy (non-hydrogen) atoms. The average Bonchev–Trinajstić information content (AvgIpc) is 3.14. The molecular formula is C17H19NO3S. The van der Waals surface area contributed by atoms with Crippen LogP contribution in [0.2, 0.25) is 0 Å². The molecule has 4 nitrogen and oxygen atoms in total. The van der Waals surface area contributed by atoms with E-state index >= 15 is 0 Å². The fourth-order valence-corrected chi connectivity index (χ4v) is 3.39. The molecule has 116 valence electrons. The van der Waals surface area contributed by atoms with Crippen molar-refractivity contribution in [2.24, 2.45) is 0 Å². The van der Waals surface area contributed by atoms with Gasteiger partial charge in [-0.15, -0.1) is 11.3 Å². The van der Waals surface area contributed by atoms with Gasteiger partial charge in [-0.2, -0.15) is 0 Å². The van der Waals surface area contributed by atoms with Gasteiger partial charge in [0.15, 0.2) is 6.61 Å². The summed E-state index contributed by atoms with van der Waals surface area (Å²) in [5.74, 6) is 1.26. The van der Waals surface area contributed by atoms with Gasteiger partial charge in [0.05, 0.1) is 7.11 Å². The van der Waals surface area contributed by atoms with Crippen LogP contribution in [0.15, 0.2) is 41.8 Å². The van der Waals surface area contributed by atoms with Crippen molar-refractivity contribution >= 4 is 17.2 Å². The Hall–Kier alpha value is -2.01. The molecular weight excluding hydrogens is 298 g/mol. The van der Waals surface area contributed by atoms with Gasteiger partial charge >= 0.3 is 0 Å². The Kier molecular flexibility index (Phi) is 4.34. The second-order valence-corrected chi connectivity index (χ2v) is 6.45. The van der Waals surface area contributed by atoms with E-state index in [0.29, 0.717) is 18.0 Å². The Morgan fingerprint density at radius 1 is 1.27 bits per heavy atom. The van der Waals surface area contributed by atoms with Crippen molar-refractivity contribution in [3.05, 3.63) is 46.7 Å². The summed E-state index contributed by atoms with van der Waals surface area (Å²) in [5, 5.41) is 5.07. The lowest BCUT2D eigenvalue weighted by Crippen LogP contribution is -2.35. The first-order chi connectivity index (χ1) is 10.7. The highest BCUT2D eigenvalue weighted by molar-refractivity contribution is 7.10. The number of hydrogen-bond acceptors (Lipinski definition) is 4. The highest BCUT2D eigenvalue weighted by atomic mass is 32.1. The third-order valence-electron chi connectivity index (χ3n) is 3.93. The SMILES string of the molecule is COc1cccc(OCC(=O)NCC2(c3cccs3)CC2)c1. The topological polar surface area (TPSA) is 47.6 Å². The molecule has 0 spiro atoms. The lowest BCUT2D eigenvalue weighted by atomic mass is 10.1. The minimum absolute atomic E-state index is 0.0215. The van der Waals surface area contributed by atoms with Gasteiger partial charge in [-0.1, -0.05) is 12.1 Å². The summed E-state index contributed by atoms with van der Waals surface area (Å²) < 4.78 is 10.6. The molecule has 3 rings (SSSR count). The van der Waals surface area contributed by atoms with Crippen molar-refractivity contribution in [3.8, 4) is 11.5 Å². The fourth-order valence-electron chi connectivity index (χ4n) is 2.40. The van der Waals surface area contributed by atoms with Crippen LogP contribution in [0.1, 0.15) is 17.7 Å². The van der Waals surface area contributed by atoms with Crippen LogP contribution < -0.4 is 14.8 Å². The summed E-state index contributed by atoms with van der Waals surface area (Å²) in [6.07, 6.45) is 2.29. The zero-order valence-electron chi connectivity index (χ0n) is 12.5. The molecule has 1 heterocycles. The molecule has 0 aliphatic heterocycles. The summed E-state index contributed by atoms with van der Waals surface area (Å²) in [6.45, 7) is 0.710. The Labute approximate surface area is 134 Å². The summed E-state index contributed by atoms with van der Waals surface area (Å²) >= 11 is 1.76. The summed E-state index contributed by atoms with van der Waals surface area (Å²) in [5.41, 5.74) is 0.166. The molecule has 1 N–H and O–H groups in total. The van der Waals surface area contributed by atoms with Crippen molar-refractivity contribution < 1.29 is 14.3 Å². The maximum absolute atomic E-state index is 12.0. The molecule has 1 amide bonds. The zero-order valence-corrected chi connectivity index (χ0v) is 13.3. The molecule has 0 atom stereocenters. The van der Waals surface area contributed by atoms with Crippen LogP contribution >= 0.6 is 11.3 Å². The molecule has 0 saturated heterocycles. The van der Waals surface area contributed by atoms with Gasteiger partial charge in [-0.05, 0) is 36.4 Å². The first-order valence-corrected chi connectivity index (χ1v) is 8.17. The quantitative estimate of drug-likeness (QED) is 0.854. The van der Waals surface area contributed by atoms with E-state index in [-0.39, 0.29) is 17.9 Å². The number of rotatable bonds is 7. The minimum Gasteiger partial charge on any atom is -0.497 e. The minimum atomic E-state index is -0.0920. The predicted octanol–water partition coefficient (Wildman–Crippen LogP) is 2.98. The standard InChI is InChI=1S/C17H19NO3S/c1-20-13-4-2-5-14(10-13)21-11-16(19)18-12-17(7-8-17)15-6-3-9-22-15/h2-6,9-10H,7-8,11-12H2,1H3,(H,18,19). The van der Waals surface area contributed by atoms with E-state index in [1.54, 1.807) is 24.5 Å². The monoisotopic (exact) mass is 317 g/mol. The van der Waals surface area contributed by atoms with E-state index in [2.05, 4.69) is 22.8 Å². The van der Waals surface area contributed by atoms with Gasteiger partial charge in [-0.3, -0.25) is 4.79 Å². The summed E-state index contributed by atoms with van der Waals surface area (Å²) in [7, 11) is 1.60. The van der Waals surface area contributed by atoms with Crippen LogP contribution in [0.25, 0.3) is 0 Å². The van der Waals surface area contributed by atoms with Crippen LogP contribution in [0.4, 0.5) is 0 Å². The van der Waals surface area contributed by atoms with Gasteiger partial charge in [-0.25, -0.2) is 0 Å². The Bertz CT molecular complexity index is 635. The van der Waals surface area contributed by atoms with Crippen molar-refractivity contribution in [3.63, 3.8) is 0 Å². The van der Waals surface area contributed by atoms with Crippen molar-refractivity contribution in [1.82, 2.24) is 5.32 Å². The maximum Gasteiger partial charge on any atom is 0.257 e. The van der Waals surface area contributed by atoms with Crippen LogP contribution in [0.3, 0.4) is 0 Å². The number of ether oxygens (including phenoxy) is 2. The number of hydrogen-bond donors (Lipinski definition) is 1. The van der Waals surface area contributed by atoms with E-state index in [9.17, 15) is 4.79 Å². The van der Waals surface area contributed by atoms with Crippen molar-refractivity contribution in [1.29, 1.82) is 0 Å². The fraction of sp³-hybridized carbons (Fsp3) is 0.353. The van der Waals surface area contributed by atoms with Crippen molar-refractivity contribution in [2.45, 2.75) is 18.3 Å². The molecule has 1 fully saturated rings. The maximum atomic E-state index is 12.0. The second-order valence-electron chi connectivity index (χ2n) is 5.50. The number of carbonyl (C=O) groups excluding carboxylic acids is 1. The van der Waals surface area contributed by atoms with Crippen LogP contribution in [-0.2, 0) is 10.2 Å². The number of thiophene rings is 1. The van der Waals surface area contributed by atoms with Crippen LogP contribution in [0, 0.1) is 0 Å². The largest absolute Gasteiger partial charge is 0.497 e. The van der Waals surface area contributed by atoms with E-state index in [4.69, 9.17) is 9.47 Å². The first-order valence-electron chi connectivity index (χ1n) is 7.29. The molecule has 1 aromatic carbocycles. The molecule has 1 aromatic heterocycles. The third-order valence-corrected chi connectivity index (χ3v) is 5.05. The number of benzene rings is 1. The summed E-state index contributed by atoms with van der Waals surface area (Å²) in [6, 6.07) is 11.5. The highest BCUT2D eigenvalue weighted by Crippen LogP contribution is 2.49. The van der Waals surface area contributed by atoms with Gasteiger partial charge in [0.1, 0.15) is 11.5 Å². The molecule has 0 unspecified atom stereocenters. The number of amides is 1. The smallest absolute Gasteiger partial charge is 0.257 e. The van der Waals surface area contributed by atoms with E-state index in [1.807, 2.05) is 18.2 Å². The van der Waals surface area contributed by atoms with E-state index < -0.39 is 0 Å². The van der Waals surface area contributed by atoms with Crippen molar-refractivity contribution in [2.75, 3.05) is 20.3 Å². The number of methoxy groups -OCH3 is 1. The normalized spacial score (nSPS) is 15.1. The van der Waals surface area contributed by atoms with E-state index in [0.717, 1.165) is 12.8 Å². The molecule has 0 radical (unpaired) electrons. The summed E-state index contributed by atoms with van der Waals surface area (Å²) in [4.78, 5) is 13.3. The lowest BCUT2D eigenvalue weighted by Gasteiger charge is -2.14. The number of carbonyl (C=O) groups is 1. The second kappa shape index (κ2) is 6.40. The first kappa shape index (κ1) is 14.9. The lowest BCUT2D eigenvalue weighted by molar-refractivity contribution is -0.123. The Balaban J connectivity index is 1.47. The highest BCUT2D eigenvalue weighted by Gasteiger charge is 2.45. The van der Waals surface area contributed by atoms with E-state index in [1.165, 1.54) is 4.88 Å². The zero-order chi connectivity index (χ0) is 15.4. The van der Waals surface area contributed by atoms with Crippen LogP contribution in [0.5, 0.6) is 11.5 Å². The van der Waals surface area contributed by atoms with Gasteiger partial charge in [0, 0.05) is 22.9 Å². The molecule has 2 aromatic rings. The molecule has 1 aliphatic carbocycles.